The van der Waals surface area contributed by atoms with E-state index in [0.717, 1.165) is 28.3 Å². The van der Waals surface area contributed by atoms with Gasteiger partial charge in [-0.2, -0.15) is 0 Å². The molecule has 10 aromatic carbocycles. The molecule has 0 aliphatic carbocycles. The standard InChI is InChI=1S/C56H38N2/c1-3-17-41(18-4-1)50-23-11-13-25-54(50)57(46-21-5-2-6-22-46)48-32-34-52-51-24-12-14-26-55(51)58(56(52)38-48)47-31-33-49(44-29-27-39-15-7-9-19-42(39)35-44)53(37-47)45-30-28-40-16-8-10-20-43(40)36-45/h1-38H. The third-order valence-electron chi connectivity index (χ3n) is 11.5. The summed E-state index contributed by atoms with van der Waals surface area (Å²) < 4.78 is 2.45. The molecule has 0 atom stereocenters. The summed E-state index contributed by atoms with van der Waals surface area (Å²) in [5.74, 6) is 0. The Hall–Kier alpha value is -7.68. The van der Waals surface area contributed by atoms with Gasteiger partial charge in [0.15, 0.2) is 0 Å². The molecular weight excluding hydrogens is 701 g/mol. The molecule has 11 rings (SSSR count). The first-order valence-electron chi connectivity index (χ1n) is 19.9. The van der Waals surface area contributed by atoms with E-state index >= 15 is 0 Å². The van der Waals surface area contributed by atoms with Crippen molar-refractivity contribution >= 4 is 60.4 Å². The number of hydrogen-bond donors (Lipinski definition) is 0. The monoisotopic (exact) mass is 738 g/mol. The zero-order valence-electron chi connectivity index (χ0n) is 31.8. The van der Waals surface area contributed by atoms with Gasteiger partial charge in [0.1, 0.15) is 0 Å². The Kier molecular flexibility index (Phi) is 8.19. The maximum atomic E-state index is 2.45. The minimum absolute atomic E-state index is 1.09. The molecular formula is C56H38N2. The van der Waals surface area contributed by atoms with Crippen LogP contribution in [0.5, 0.6) is 0 Å². The zero-order valence-corrected chi connectivity index (χ0v) is 31.8. The van der Waals surface area contributed by atoms with E-state index in [4.69, 9.17) is 0 Å². The van der Waals surface area contributed by atoms with Gasteiger partial charge in [-0.1, -0.05) is 170 Å². The molecule has 0 bridgehead atoms. The molecule has 0 unspecified atom stereocenters. The van der Waals surface area contributed by atoms with Crippen molar-refractivity contribution in [3.05, 3.63) is 231 Å². The number of rotatable bonds is 7. The lowest BCUT2D eigenvalue weighted by Gasteiger charge is -2.28. The highest BCUT2D eigenvalue weighted by Gasteiger charge is 2.21. The molecule has 0 spiro atoms. The molecule has 0 amide bonds. The van der Waals surface area contributed by atoms with E-state index in [0.29, 0.717) is 0 Å². The topological polar surface area (TPSA) is 8.17 Å². The van der Waals surface area contributed by atoms with Crippen molar-refractivity contribution in [2.75, 3.05) is 4.90 Å². The Morgan fingerprint density at radius 1 is 0.293 bits per heavy atom. The highest BCUT2D eigenvalue weighted by molar-refractivity contribution is 6.11. The summed E-state index contributed by atoms with van der Waals surface area (Å²) in [7, 11) is 0. The fraction of sp³-hybridized carbons (Fsp3) is 0. The van der Waals surface area contributed by atoms with Crippen LogP contribution in [-0.2, 0) is 0 Å². The first-order valence-corrected chi connectivity index (χ1v) is 19.9. The van der Waals surface area contributed by atoms with E-state index < -0.39 is 0 Å². The van der Waals surface area contributed by atoms with Gasteiger partial charge in [-0.05, 0) is 110 Å². The summed E-state index contributed by atoms with van der Waals surface area (Å²) in [6.45, 7) is 0. The lowest BCUT2D eigenvalue weighted by atomic mass is 9.91. The smallest absolute Gasteiger partial charge is 0.0561 e. The lowest BCUT2D eigenvalue weighted by Crippen LogP contribution is -2.11. The minimum atomic E-state index is 1.09. The summed E-state index contributed by atoms with van der Waals surface area (Å²) in [5, 5.41) is 7.39. The molecule has 0 saturated heterocycles. The van der Waals surface area contributed by atoms with E-state index in [2.05, 4.69) is 240 Å². The van der Waals surface area contributed by atoms with Crippen molar-refractivity contribution < 1.29 is 0 Å². The van der Waals surface area contributed by atoms with E-state index in [1.54, 1.807) is 0 Å². The van der Waals surface area contributed by atoms with Gasteiger partial charge in [0, 0.05) is 33.4 Å². The number of para-hydroxylation sites is 3. The number of aromatic nitrogens is 1. The van der Waals surface area contributed by atoms with Gasteiger partial charge in [0.25, 0.3) is 0 Å². The first kappa shape index (κ1) is 33.6. The van der Waals surface area contributed by atoms with Crippen molar-refractivity contribution in [1.82, 2.24) is 4.57 Å². The van der Waals surface area contributed by atoms with Gasteiger partial charge in [-0.25, -0.2) is 0 Å². The Bertz CT molecular complexity index is 3290. The summed E-state index contributed by atoms with van der Waals surface area (Å²) >= 11 is 0. The average molecular weight is 739 g/mol. The molecule has 272 valence electrons. The van der Waals surface area contributed by atoms with Crippen LogP contribution in [0.2, 0.25) is 0 Å². The maximum Gasteiger partial charge on any atom is 0.0561 e. The predicted molar refractivity (Wildman–Crippen MR) is 247 cm³/mol. The van der Waals surface area contributed by atoms with Crippen LogP contribution in [0.1, 0.15) is 0 Å². The van der Waals surface area contributed by atoms with Crippen LogP contribution in [0.4, 0.5) is 17.1 Å². The van der Waals surface area contributed by atoms with Crippen LogP contribution in [-0.4, -0.2) is 4.57 Å². The molecule has 1 aromatic heterocycles. The van der Waals surface area contributed by atoms with Crippen LogP contribution in [0, 0.1) is 0 Å². The first-order chi connectivity index (χ1) is 28.8. The third kappa shape index (κ3) is 5.82. The fourth-order valence-corrected chi connectivity index (χ4v) is 8.79. The number of nitrogens with zero attached hydrogens (tertiary/aromatic N) is 2. The van der Waals surface area contributed by atoms with Gasteiger partial charge in [0.05, 0.1) is 16.7 Å². The third-order valence-corrected chi connectivity index (χ3v) is 11.5. The molecule has 1 heterocycles. The maximum absolute atomic E-state index is 2.45. The van der Waals surface area contributed by atoms with Crippen molar-refractivity contribution in [3.63, 3.8) is 0 Å². The van der Waals surface area contributed by atoms with Crippen LogP contribution < -0.4 is 4.90 Å². The van der Waals surface area contributed by atoms with Crippen LogP contribution in [0.15, 0.2) is 231 Å². The summed E-state index contributed by atoms with van der Waals surface area (Å²) in [5.41, 5.74) is 13.9. The summed E-state index contributed by atoms with van der Waals surface area (Å²) in [6.07, 6.45) is 0. The number of anilines is 3. The molecule has 58 heavy (non-hydrogen) atoms. The van der Waals surface area contributed by atoms with E-state index in [1.807, 2.05) is 0 Å². The number of hydrogen-bond acceptors (Lipinski definition) is 1. The van der Waals surface area contributed by atoms with Gasteiger partial charge in [0.2, 0.25) is 0 Å². The number of fused-ring (bicyclic) bond motifs is 5. The van der Waals surface area contributed by atoms with Crippen molar-refractivity contribution in [3.8, 4) is 39.1 Å². The van der Waals surface area contributed by atoms with Crippen molar-refractivity contribution in [2.45, 2.75) is 0 Å². The van der Waals surface area contributed by atoms with E-state index in [-0.39, 0.29) is 0 Å². The normalized spacial score (nSPS) is 11.4. The van der Waals surface area contributed by atoms with E-state index in [9.17, 15) is 0 Å². The van der Waals surface area contributed by atoms with Gasteiger partial charge >= 0.3 is 0 Å². The Balaban J connectivity index is 1.15. The fourth-order valence-electron chi connectivity index (χ4n) is 8.79. The SMILES string of the molecule is c1ccc(-c2ccccc2N(c2ccccc2)c2ccc3c4ccccc4n(-c4ccc(-c5ccc6ccccc6c5)c(-c5ccc6ccccc6c5)c4)c3c2)cc1. The second kappa shape index (κ2) is 14.1. The van der Waals surface area contributed by atoms with Crippen molar-refractivity contribution in [1.29, 1.82) is 0 Å². The second-order valence-corrected chi connectivity index (χ2v) is 15.0. The molecule has 0 N–H and O–H groups in total. The highest BCUT2D eigenvalue weighted by Crippen LogP contribution is 2.44. The molecule has 0 radical (unpaired) electrons. The van der Waals surface area contributed by atoms with Gasteiger partial charge in [-0.15, -0.1) is 0 Å². The Morgan fingerprint density at radius 3 is 1.62 bits per heavy atom. The van der Waals surface area contributed by atoms with Crippen LogP contribution >= 0.6 is 0 Å². The van der Waals surface area contributed by atoms with Crippen LogP contribution in [0.3, 0.4) is 0 Å². The largest absolute Gasteiger partial charge is 0.310 e. The lowest BCUT2D eigenvalue weighted by molar-refractivity contribution is 1.18. The minimum Gasteiger partial charge on any atom is -0.310 e. The van der Waals surface area contributed by atoms with Crippen molar-refractivity contribution in [2.24, 2.45) is 0 Å². The Morgan fingerprint density at radius 2 is 0.879 bits per heavy atom. The quantitative estimate of drug-likeness (QED) is 0.158. The summed E-state index contributed by atoms with van der Waals surface area (Å²) in [6, 6.07) is 83.8. The predicted octanol–water partition coefficient (Wildman–Crippen LogP) is 15.6. The van der Waals surface area contributed by atoms with Gasteiger partial charge < -0.3 is 9.47 Å². The zero-order chi connectivity index (χ0) is 38.4. The molecule has 0 saturated carbocycles. The second-order valence-electron chi connectivity index (χ2n) is 15.0. The highest BCUT2D eigenvalue weighted by atomic mass is 15.1. The van der Waals surface area contributed by atoms with Crippen LogP contribution in [0.25, 0.3) is 82.4 Å². The molecule has 11 aromatic rings. The molecule has 0 aliphatic heterocycles. The van der Waals surface area contributed by atoms with Gasteiger partial charge in [-0.3, -0.25) is 0 Å². The number of benzene rings is 10. The molecule has 2 nitrogen and oxygen atoms in total. The molecule has 0 aliphatic rings. The van der Waals surface area contributed by atoms with E-state index in [1.165, 1.54) is 71.2 Å². The average Bonchev–Trinajstić information content (AvgIpc) is 3.63. The molecule has 0 fully saturated rings. The molecule has 2 heteroatoms. The Labute approximate surface area is 338 Å². The summed E-state index contributed by atoms with van der Waals surface area (Å²) in [4.78, 5) is 2.40.